The molecule has 0 radical (unpaired) electrons. The zero-order valence-corrected chi connectivity index (χ0v) is 18.8. The summed E-state index contributed by atoms with van der Waals surface area (Å²) in [5.74, 6) is -0.0141. The first kappa shape index (κ1) is 21.9. The van der Waals surface area contributed by atoms with Gasteiger partial charge in [-0.2, -0.15) is 0 Å². The summed E-state index contributed by atoms with van der Waals surface area (Å²) >= 11 is 6.95. The molecule has 32 heavy (non-hydrogen) atoms. The number of thioether (sulfide) groups is 1. The molecule has 8 heteroatoms. The Morgan fingerprint density at radius 2 is 1.94 bits per heavy atom. The Morgan fingerprint density at radius 3 is 2.69 bits per heavy atom. The van der Waals surface area contributed by atoms with Crippen molar-refractivity contribution in [2.75, 3.05) is 7.11 Å². The predicted octanol–water partition coefficient (Wildman–Crippen LogP) is 5.93. The largest absolute Gasteiger partial charge is 0.465 e. The van der Waals surface area contributed by atoms with Gasteiger partial charge in [-0.15, -0.1) is 0 Å². The predicted molar refractivity (Wildman–Crippen MR) is 123 cm³/mol. The summed E-state index contributed by atoms with van der Waals surface area (Å²) in [7, 11) is 1.28. The molecule has 0 saturated carbocycles. The van der Waals surface area contributed by atoms with E-state index in [9.17, 15) is 14.4 Å². The normalized spacial score (nSPS) is 15.0. The zero-order chi connectivity index (χ0) is 22.8. The maximum absolute atomic E-state index is 12.8. The molecule has 4 rings (SSSR count). The molecule has 2 heterocycles. The first-order valence-corrected chi connectivity index (χ1v) is 10.8. The van der Waals surface area contributed by atoms with Crippen LogP contribution < -0.4 is 0 Å². The number of amides is 2. The van der Waals surface area contributed by atoms with E-state index in [0.29, 0.717) is 17.1 Å². The summed E-state index contributed by atoms with van der Waals surface area (Å²) < 4.78 is 10.6. The molecule has 2 aromatic carbocycles. The maximum Gasteiger partial charge on any atom is 0.339 e. The molecule has 0 spiro atoms. The molecule has 1 aliphatic heterocycles. The van der Waals surface area contributed by atoms with Crippen LogP contribution >= 0.6 is 23.4 Å². The number of methoxy groups -OCH3 is 1. The Hall–Kier alpha value is -3.29. The van der Waals surface area contributed by atoms with Crippen molar-refractivity contribution in [2.24, 2.45) is 0 Å². The summed E-state index contributed by atoms with van der Waals surface area (Å²) in [5.41, 5.74) is 2.78. The van der Waals surface area contributed by atoms with Crippen LogP contribution in [-0.2, 0) is 16.1 Å². The highest BCUT2D eigenvalue weighted by molar-refractivity contribution is 8.18. The number of hydrogen-bond acceptors (Lipinski definition) is 6. The number of nitrogens with zero attached hydrogens (tertiary/aromatic N) is 1. The van der Waals surface area contributed by atoms with E-state index in [4.69, 9.17) is 20.8 Å². The maximum atomic E-state index is 12.8. The second-order valence-corrected chi connectivity index (χ2v) is 8.48. The average molecular weight is 468 g/mol. The van der Waals surface area contributed by atoms with Gasteiger partial charge >= 0.3 is 5.97 Å². The summed E-state index contributed by atoms with van der Waals surface area (Å²) in [5, 5.41) is -0.0496. The lowest BCUT2D eigenvalue weighted by atomic mass is 10.1. The fourth-order valence-electron chi connectivity index (χ4n) is 3.25. The van der Waals surface area contributed by atoms with Gasteiger partial charge in [0.25, 0.3) is 11.1 Å². The van der Waals surface area contributed by atoms with Gasteiger partial charge in [0.2, 0.25) is 0 Å². The SMILES string of the molecule is COC(=O)c1cc(-c2ccc(/C=C3\SC(=O)N(Cc4ccccc4C)C3=O)o2)ccc1Cl. The van der Waals surface area contributed by atoms with Gasteiger partial charge in [-0.05, 0) is 60.1 Å². The van der Waals surface area contributed by atoms with E-state index in [-0.39, 0.29) is 33.2 Å². The van der Waals surface area contributed by atoms with Crippen LogP contribution in [0.3, 0.4) is 0 Å². The summed E-state index contributed by atoms with van der Waals surface area (Å²) in [6.45, 7) is 2.16. The molecule has 0 atom stereocenters. The van der Waals surface area contributed by atoms with Crippen LogP contribution in [0.1, 0.15) is 27.2 Å². The first-order valence-electron chi connectivity index (χ1n) is 9.65. The van der Waals surface area contributed by atoms with Gasteiger partial charge < -0.3 is 9.15 Å². The van der Waals surface area contributed by atoms with Crippen LogP contribution in [0.25, 0.3) is 17.4 Å². The molecule has 2 amide bonds. The van der Waals surface area contributed by atoms with Gasteiger partial charge in [0.1, 0.15) is 11.5 Å². The number of benzene rings is 2. The number of carbonyl (C=O) groups excluding carboxylic acids is 3. The minimum atomic E-state index is -0.550. The number of halogens is 1. The third kappa shape index (κ3) is 4.35. The number of rotatable bonds is 5. The minimum absolute atomic E-state index is 0.221. The lowest BCUT2D eigenvalue weighted by molar-refractivity contribution is -0.123. The highest BCUT2D eigenvalue weighted by atomic mass is 35.5. The second kappa shape index (κ2) is 9.06. The molecule has 1 fully saturated rings. The number of ether oxygens (including phenoxy) is 1. The number of aryl methyl sites for hydroxylation is 1. The van der Waals surface area contributed by atoms with E-state index >= 15 is 0 Å². The number of hydrogen-bond donors (Lipinski definition) is 0. The standard InChI is InChI=1S/C24H18ClNO5S/c1-14-5-3-4-6-16(14)13-26-22(27)21(32-24(26)29)12-17-8-10-20(31-17)15-7-9-19(25)18(11-15)23(28)30-2/h3-12H,13H2,1-2H3/b21-12-. The van der Waals surface area contributed by atoms with E-state index in [0.717, 1.165) is 22.9 Å². The molecule has 0 bridgehead atoms. The van der Waals surface area contributed by atoms with Gasteiger partial charge in [0.05, 0.1) is 29.1 Å². The van der Waals surface area contributed by atoms with Crippen molar-refractivity contribution in [3.63, 3.8) is 0 Å². The van der Waals surface area contributed by atoms with E-state index in [2.05, 4.69) is 0 Å². The molecular formula is C24H18ClNO5S. The van der Waals surface area contributed by atoms with Crippen molar-refractivity contribution >= 4 is 46.6 Å². The number of carbonyl (C=O) groups is 3. The fourth-order valence-corrected chi connectivity index (χ4v) is 4.27. The fraction of sp³-hybridized carbons (Fsp3) is 0.125. The topological polar surface area (TPSA) is 76.8 Å². The molecule has 1 aromatic heterocycles. The molecule has 3 aromatic rings. The smallest absolute Gasteiger partial charge is 0.339 e. The zero-order valence-electron chi connectivity index (χ0n) is 17.3. The highest BCUT2D eigenvalue weighted by Crippen LogP contribution is 2.35. The van der Waals surface area contributed by atoms with Crippen LogP contribution in [0.2, 0.25) is 5.02 Å². The van der Waals surface area contributed by atoms with Gasteiger partial charge in [-0.25, -0.2) is 4.79 Å². The second-order valence-electron chi connectivity index (χ2n) is 7.08. The molecule has 0 N–H and O–H groups in total. The van der Waals surface area contributed by atoms with Crippen molar-refractivity contribution in [3.8, 4) is 11.3 Å². The molecule has 6 nitrogen and oxygen atoms in total. The van der Waals surface area contributed by atoms with Crippen LogP contribution in [-0.4, -0.2) is 29.1 Å². The molecule has 0 aliphatic carbocycles. The monoisotopic (exact) mass is 467 g/mol. The van der Waals surface area contributed by atoms with Crippen molar-refractivity contribution in [2.45, 2.75) is 13.5 Å². The van der Waals surface area contributed by atoms with Gasteiger partial charge in [0.15, 0.2) is 0 Å². The Kier molecular flexibility index (Phi) is 6.21. The van der Waals surface area contributed by atoms with Crippen molar-refractivity contribution in [1.82, 2.24) is 4.90 Å². The Morgan fingerprint density at radius 1 is 1.16 bits per heavy atom. The molecule has 1 aliphatic rings. The van der Waals surface area contributed by atoms with Crippen LogP contribution in [0.15, 0.2) is 63.9 Å². The Balaban J connectivity index is 1.56. The summed E-state index contributed by atoms with van der Waals surface area (Å²) in [6, 6.07) is 15.9. The number of imide groups is 1. The molecular weight excluding hydrogens is 450 g/mol. The van der Waals surface area contributed by atoms with Crippen molar-refractivity contribution in [1.29, 1.82) is 0 Å². The summed E-state index contributed by atoms with van der Waals surface area (Å²) in [6.07, 6.45) is 1.55. The quantitative estimate of drug-likeness (QED) is 0.342. The van der Waals surface area contributed by atoms with E-state index in [1.165, 1.54) is 12.0 Å². The lowest BCUT2D eigenvalue weighted by Crippen LogP contribution is -2.27. The third-order valence-electron chi connectivity index (χ3n) is 5.02. The van der Waals surface area contributed by atoms with Gasteiger partial charge in [-0.3, -0.25) is 14.5 Å². The third-order valence-corrected chi connectivity index (χ3v) is 6.26. The Labute approximate surface area is 193 Å². The van der Waals surface area contributed by atoms with Crippen LogP contribution in [0.5, 0.6) is 0 Å². The Bertz CT molecular complexity index is 1260. The molecule has 1 saturated heterocycles. The number of esters is 1. The van der Waals surface area contributed by atoms with E-state index < -0.39 is 5.97 Å². The van der Waals surface area contributed by atoms with Crippen LogP contribution in [0, 0.1) is 6.92 Å². The van der Waals surface area contributed by atoms with E-state index in [1.807, 2.05) is 31.2 Å². The van der Waals surface area contributed by atoms with E-state index in [1.54, 1.807) is 36.4 Å². The lowest BCUT2D eigenvalue weighted by Gasteiger charge is -2.14. The first-order chi connectivity index (χ1) is 15.4. The number of furan rings is 1. The minimum Gasteiger partial charge on any atom is -0.465 e. The van der Waals surface area contributed by atoms with Crippen molar-refractivity contribution in [3.05, 3.63) is 87.0 Å². The summed E-state index contributed by atoms with van der Waals surface area (Å²) in [4.78, 5) is 38.6. The van der Waals surface area contributed by atoms with Crippen LogP contribution in [0.4, 0.5) is 4.79 Å². The average Bonchev–Trinajstić information content (AvgIpc) is 3.35. The van der Waals surface area contributed by atoms with Gasteiger partial charge in [0, 0.05) is 11.6 Å². The van der Waals surface area contributed by atoms with Crippen molar-refractivity contribution < 1.29 is 23.5 Å². The van der Waals surface area contributed by atoms with Gasteiger partial charge in [-0.1, -0.05) is 35.9 Å². The molecule has 162 valence electrons. The molecule has 0 unspecified atom stereocenters. The highest BCUT2D eigenvalue weighted by Gasteiger charge is 2.35.